The zero-order chi connectivity index (χ0) is 20.8. The number of benzene rings is 1. The average Bonchev–Trinajstić information content (AvgIpc) is 3.22. The van der Waals surface area contributed by atoms with Gasteiger partial charge in [-0.1, -0.05) is 11.8 Å². The van der Waals surface area contributed by atoms with E-state index in [9.17, 15) is 12.8 Å². The molecular weight excluding hydrogens is 530 g/mol. The van der Waals surface area contributed by atoms with Gasteiger partial charge in [0.25, 0.3) is 0 Å². The summed E-state index contributed by atoms with van der Waals surface area (Å²) in [5.74, 6) is 0.0832. The van der Waals surface area contributed by atoms with Crippen molar-refractivity contribution < 1.29 is 12.8 Å². The number of nitrogens with zero attached hydrogens (tertiary/aromatic N) is 4. The number of fused-ring (bicyclic) bond motifs is 2. The lowest BCUT2D eigenvalue weighted by Crippen LogP contribution is -2.25. The molecule has 4 rings (SSSR count). The lowest BCUT2D eigenvalue weighted by atomic mass is 10.1. The Bertz CT molecular complexity index is 1200. The number of imidazole rings is 1. The molecule has 0 saturated carbocycles. The Morgan fingerprint density at radius 1 is 1.41 bits per heavy atom. The summed E-state index contributed by atoms with van der Waals surface area (Å²) in [6, 6.07) is 3.87. The van der Waals surface area contributed by atoms with Crippen molar-refractivity contribution in [2.24, 2.45) is 0 Å². The second kappa shape index (κ2) is 7.96. The van der Waals surface area contributed by atoms with Gasteiger partial charge >= 0.3 is 0 Å². The molecule has 1 aliphatic rings. The van der Waals surface area contributed by atoms with Gasteiger partial charge in [-0.15, -0.1) is 0 Å². The number of hydrogen-bond donors (Lipinski definition) is 2. The van der Waals surface area contributed by atoms with Gasteiger partial charge in [0.05, 0.1) is 5.75 Å². The highest BCUT2D eigenvalue weighted by molar-refractivity contribution is 14.1. The Hall–Kier alpha value is -1.51. The van der Waals surface area contributed by atoms with Crippen LogP contribution in [-0.4, -0.2) is 40.7 Å². The van der Waals surface area contributed by atoms with Crippen LogP contribution in [0.15, 0.2) is 28.5 Å². The Labute approximate surface area is 185 Å². The summed E-state index contributed by atoms with van der Waals surface area (Å²) in [5, 5.41) is 0.532. The molecule has 1 aliphatic carbocycles. The highest BCUT2D eigenvalue weighted by Gasteiger charge is 2.25. The van der Waals surface area contributed by atoms with Crippen LogP contribution in [0.1, 0.15) is 23.7 Å². The number of nitrogens with one attached hydrogen (secondary N) is 1. The Morgan fingerprint density at radius 3 is 2.97 bits per heavy atom. The van der Waals surface area contributed by atoms with Gasteiger partial charge in [-0.2, -0.15) is 0 Å². The predicted octanol–water partition coefficient (Wildman–Crippen LogP) is 2.67. The van der Waals surface area contributed by atoms with E-state index in [0.29, 0.717) is 28.3 Å². The van der Waals surface area contributed by atoms with Crippen LogP contribution in [0.2, 0.25) is 0 Å². The third-order valence-electron chi connectivity index (χ3n) is 4.82. The fourth-order valence-corrected chi connectivity index (χ4v) is 5.71. The van der Waals surface area contributed by atoms with E-state index in [0.717, 1.165) is 20.4 Å². The maximum atomic E-state index is 14.2. The van der Waals surface area contributed by atoms with Crippen LogP contribution in [0, 0.1) is 3.57 Å². The summed E-state index contributed by atoms with van der Waals surface area (Å²) >= 11 is 3.57. The third-order valence-corrected chi connectivity index (χ3v) is 8.47. The molecule has 2 heterocycles. The summed E-state index contributed by atoms with van der Waals surface area (Å²) in [4.78, 5) is 13.6. The molecule has 0 bridgehead atoms. The van der Waals surface area contributed by atoms with Crippen LogP contribution in [-0.2, 0) is 23.0 Å². The van der Waals surface area contributed by atoms with Gasteiger partial charge < -0.3 is 10.3 Å². The van der Waals surface area contributed by atoms with Crippen molar-refractivity contribution in [3.8, 4) is 0 Å². The van der Waals surface area contributed by atoms with Crippen molar-refractivity contribution in [1.82, 2.24) is 24.2 Å². The molecular formula is C17H18FIN6O2S2. The zero-order valence-electron chi connectivity index (χ0n) is 15.4. The zero-order valence-corrected chi connectivity index (χ0v) is 19.2. The smallest absolute Gasteiger partial charge is 0.213 e. The van der Waals surface area contributed by atoms with Gasteiger partial charge in [-0.25, -0.2) is 32.5 Å². The summed E-state index contributed by atoms with van der Waals surface area (Å²) < 4.78 is 43.1. The standard InChI is InChI=1S/C17H18FIN6O2S2/c1-21-29(26,27)5-4-25-16-14(15(20)22-8-23-16)24-17(25)28-13-7-10-9(6-12(13)19)2-3-11(10)18/h6-8,11,21H,2-5H2,1H3,(H2,20,22,23). The molecule has 0 radical (unpaired) electrons. The van der Waals surface area contributed by atoms with E-state index < -0.39 is 16.2 Å². The van der Waals surface area contributed by atoms with Gasteiger partial charge in [-0.3, -0.25) is 0 Å². The Kier molecular flexibility index (Phi) is 5.70. The number of sulfonamides is 1. The van der Waals surface area contributed by atoms with E-state index in [4.69, 9.17) is 5.73 Å². The van der Waals surface area contributed by atoms with Gasteiger partial charge in [0.2, 0.25) is 10.0 Å². The maximum absolute atomic E-state index is 14.2. The molecule has 154 valence electrons. The minimum Gasteiger partial charge on any atom is -0.382 e. The number of nitrogens with two attached hydrogens (primary N) is 1. The molecule has 8 nitrogen and oxygen atoms in total. The number of nitrogen functional groups attached to an aromatic ring is 1. The summed E-state index contributed by atoms with van der Waals surface area (Å²) in [7, 11) is -2.05. The van der Waals surface area contributed by atoms with Crippen molar-refractivity contribution in [1.29, 1.82) is 0 Å². The first-order valence-corrected chi connectivity index (χ1v) is 12.4. The van der Waals surface area contributed by atoms with Crippen LogP contribution in [0.25, 0.3) is 11.2 Å². The van der Waals surface area contributed by atoms with Crippen LogP contribution in [0.3, 0.4) is 0 Å². The minimum absolute atomic E-state index is 0.139. The Morgan fingerprint density at radius 2 is 2.21 bits per heavy atom. The first kappa shape index (κ1) is 20.8. The number of halogens is 2. The van der Waals surface area contributed by atoms with Gasteiger partial charge in [0.1, 0.15) is 12.5 Å². The Balaban J connectivity index is 1.76. The fourth-order valence-electron chi connectivity index (χ4n) is 3.26. The third kappa shape index (κ3) is 4.07. The largest absolute Gasteiger partial charge is 0.382 e. The topological polar surface area (TPSA) is 116 Å². The van der Waals surface area contributed by atoms with E-state index in [1.165, 1.54) is 25.1 Å². The van der Waals surface area contributed by atoms with E-state index >= 15 is 0 Å². The second-order valence-electron chi connectivity index (χ2n) is 6.59. The average molecular weight is 548 g/mol. The van der Waals surface area contributed by atoms with Gasteiger partial charge in [-0.05, 0) is 65.7 Å². The molecule has 1 unspecified atom stereocenters. The molecule has 0 saturated heterocycles. The highest BCUT2D eigenvalue weighted by Crippen LogP contribution is 2.41. The second-order valence-corrected chi connectivity index (χ2v) is 10.8. The quantitative estimate of drug-likeness (QED) is 0.455. The molecule has 3 N–H and O–H groups in total. The lowest BCUT2D eigenvalue weighted by Gasteiger charge is -2.11. The van der Waals surface area contributed by atoms with Crippen molar-refractivity contribution >= 4 is 61.4 Å². The normalized spacial score (nSPS) is 16.4. The molecule has 0 spiro atoms. The number of anilines is 1. The van der Waals surface area contributed by atoms with Crippen LogP contribution in [0.4, 0.5) is 10.2 Å². The number of hydrogen-bond acceptors (Lipinski definition) is 7. The summed E-state index contributed by atoms with van der Waals surface area (Å²) in [6.07, 6.45) is 1.61. The first-order valence-electron chi connectivity index (χ1n) is 8.81. The highest BCUT2D eigenvalue weighted by atomic mass is 127. The van der Waals surface area contributed by atoms with Crippen molar-refractivity contribution in [3.05, 3.63) is 33.2 Å². The molecule has 2 aromatic heterocycles. The molecule has 1 atom stereocenters. The minimum atomic E-state index is -3.42. The molecule has 1 aromatic carbocycles. The molecule has 12 heteroatoms. The van der Waals surface area contributed by atoms with Crippen molar-refractivity contribution in [2.45, 2.75) is 35.6 Å². The maximum Gasteiger partial charge on any atom is 0.213 e. The van der Waals surface area contributed by atoms with Crippen LogP contribution in [0.5, 0.6) is 0 Å². The summed E-state index contributed by atoms with van der Waals surface area (Å²) in [6.45, 7) is 0.145. The molecule has 29 heavy (non-hydrogen) atoms. The molecule has 0 aliphatic heterocycles. The first-order chi connectivity index (χ1) is 13.8. The van der Waals surface area contributed by atoms with E-state index in [-0.39, 0.29) is 18.1 Å². The van der Waals surface area contributed by atoms with E-state index in [1.807, 2.05) is 12.1 Å². The van der Waals surface area contributed by atoms with E-state index in [2.05, 4.69) is 42.3 Å². The number of alkyl halides is 1. The number of rotatable bonds is 6. The van der Waals surface area contributed by atoms with Crippen LogP contribution < -0.4 is 10.5 Å². The number of aromatic nitrogens is 4. The van der Waals surface area contributed by atoms with Crippen LogP contribution >= 0.6 is 34.4 Å². The SMILES string of the molecule is CNS(=O)(=O)CCn1c(Sc2cc3c(cc2I)CCC3F)nc2c(N)ncnc21. The fraction of sp³-hybridized carbons (Fsp3) is 0.353. The van der Waals surface area contributed by atoms with Crippen molar-refractivity contribution in [2.75, 3.05) is 18.5 Å². The number of aryl methyl sites for hydroxylation is 2. The van der Waals surface area contributed by atoms with Crippen molar-refractivity contribution in [3.63, 3.8) is 0 Å². The monoisotopic (exact) mass is 548 g/mol. The summed E-state index contributed by atoms with van der Waals surface area (Å²) in [5.41, 5.74) is 8.57. The molecule has 0 amide bonds. The van der Waals surface area contributed by atoms with Gasteiger partial charge in [0, 0.05) is 15.0 Å². The van der Waals surface area contributed by atoms with Gasteiger partial charge in [0.15, 0.2) is 22.1 Å². The lowest BCUT2D eigenvalue weighted by molar-refractivity contribution is 0.343. The predicted molar refractivity (Wildman–Crippen MR) is 118 cm³/mol. The molecule has 0 fully saturated rings. The van der Waals surface area contributed by atoms with E-state index in [1.54, 1.807) is 4.57 Å². The molecule has 3 aromatic rings.